The van der Waals surface area contributed by atoms with Crippen molar-refractivity contribution in [2.45, 2.75) is 45.6 Å². The molecule has 0 bridgehead atoms. The maximum absolute atomic E-state index is 4.50. The number of hydrogen-bond acceptors (Lipinski definition) is 4. The van der Waals surface area contributed by atoms with E-state index in [4.69, 9.17) is 0 Å². The molecule has 1 aliphatic carbocycles. The van der Waals surface area contributed by atoms with Crippen molar-refractivity contribution in [3.63, 3.8) is 0 Å². The lowest BCUT2D eigenvalue weighted by atomic mass is 9.87. The highest BCUT2D eigenvalue weighted by Crippen LogP contribution is 2.28. The first-order chi connectivity index (χ1) is 10.8. The van der Waals surface area contributed by atoms with Gasteiger partial charge in [0, 0.05) is 16.7 Å². The molecule has 2 atom stereocenters. The average Bonchev–Trinajstić information content (AvgIpc) is 2.59. The number of rotatable bonds is 4. The Morgan fingerprint density at radius 3 is 2.82 bits per heavy atom. The molecular weight excluding hydrogens is 272 g/mol. The summed E-state index contributed by atoms with van der Waals surface area (Å²) in [6, 6.07) is 8.16. The topological polar surface area (TPSA) is 50.5 Å². The molecule has 1 aromatic carbocycles. The predicted molar refractivity (Wildman–Crippen MR) is 89.2 cm³/mol. The summed E-state index contributed by atoms with van der Waals surface area (Å²) < 4.78 is 0. The summed E-state index contributed by atoms with van der Waals surface area (Å²) in [6.45, 7) is 4.37. The molecular formula is C18H22N4. The zero-order chi connectivity index (χ0) is 15.4. The van der Waals surface area contributed by atoms with E-state index in [0.29, 0.717) is 11.7 Å². The highest BCUT2D eigenvalue weighted by atomic mass is 15.2. The second kappa shape index (κ2) is 6.77. The summed E-state index contributed by atoms with van der Waals surface area (Å²) in [5.41, 5.74) is 1.53. The Morgan fingerprint density at radius 1 is 1.14 bits per heavy atom. The maximum Gasteiger partial charge on any atom is 0.203 e. The summed E-state index contributed by atoms with van der Waals surface area (Å²) in [5.74, 6) is 1.04. The molecule has 2 aromatic rings. The third kappa shape index (κ3) is 3.21. The van der Waals surface area contributed by atoms with Crippen molar-refractivity contribution >= 4 is 16.6 Å². The van der Waals surface area contributed by atoms with E-state index >= 15 is 0 Å². The average molecular weight is 294 g/mol. The molecule has 114 valence electrons. The molecule has 2 unspecified atom stereocenters. The first kappa shape index (κ1) is 14.8. The van der Waals surface area contributed by atoms with E-state index in [1.165, 1.54) is 31.3 Å². The van der Waals surface area contributed by atoms with Gasteiger partial charge < -0.3 is 0 Å². The number of hydrogen-bond donors (Lipinski definition) is 0. The van der Waals surface area contributed by atoms with Crippen molar-refractivity contribution in [1.29, 1.82) is 0 Å². The van der Waals surface area contributed by atoms with Crippen LogP contribution in [-0.2, 0) is 0 Å². The fourth-order valence-corrected chi connectivity index (χ4v) is 2.92. The van der Waals surface area contributed by atoms with Crippen LogP contribution in [0.15, 0.2) is 52.3 Å². The molecule has 3 rings (SSSR count). The Bertz CT molecular complexity index is 700. The number of nitrogens with zero attached hydrogens (tertiary/aromatic N) is 4. The minimum Gasteiger partial charge on any atom is -0.183 e. The van der Waals surface area contributed by atoms with Gasteiger partial charge in [-0.2, -0.15) is 10.2 Å². The molecule has 0 radical (unpaired) electrons. The van der Waals surface area contributed by atoms with Gasteiger partial charge in [0.1, 0.15) is 0 Å². The van der Waals surface area contributed by atoms with Crippen LogP contribution in [0.3, 0.4) is 0 Å². The summed E-state index contributed by atoms with van der Waals surface area (Å²) in [5, 5.41) is 19.1. The van der Waals surface area contributed by atoms with Crippen LogP contribution in [0.5, 0.6) is 0 Å². The van der Waals surface area contributed by atoms with E-state index in [-0.39, 0.29) is 6.04 Å². The lowest BCUT2D eigenvalue weighted by Crippen LogP contribution is -2.15. The molecule has 4 heteroatoms. The summed E-state index contributed by atoms with van der Waals surface area (Å²) in [7, 11) is 0. The van der Waals surface area contributed by atoms with Gasteiger partial charge in [-0.15, -0.1) is 10.2 Å². The van der Waals surface area contributed by atoms with Crippen molar-refractivity contribution < 1.29 is 0 Å². The number of benzene rings is 1. The van der Waals surface area contributed by atoms with Crippen LogP contribution in [0.2, 0.25) is 0 Å². The van der Waals surface area contributed by atoms with E-state index in [0.717, 1.165) is 10.8 Å². The number of aromatic nitrogens is 2. The molecule has 0 aliphatic heterocycles. The first-order valence-corrected chi connectivity index (χ1v) is 8.06. The molecule has 0 saturated heterocycles. The molecule has 0 fully saturated rings. The van der Waals surface area contributed by atoms with Crippen molar-refractivity contribution in [3.8, 4) is 0 Å². The molecule has 1 aliphatic rings. The summed E-state index contributed by atoms with van der Waals surface area (Å²) in [4.78, 5) is 0. The summed E-state index contributed by atoms with van der Waals surface area (Å²) in [6.07, 6.45) is 9.17. The second-order valence-corrected chi connectivity index (χ2v) is 6.02. The van der Waals surface area contributed by atoms with Gasteiger partial charge in [-0.25, -0.2) is 0 Å². The molecule has 0 amide bonds. The SMILES string of the molecule is CC(N=Nc1nncc2ccccc12)C(C)C1=CCCCC1. The minimum atomic E-state index is 0.158. The van der Waals surface area contributed by atoms with Crippen LogP contribution in [0, 0.1) is 5.92 Å². The number of fused-ring (bicyclic) bond motifs is 1. The third-order valence-electron chi connectivity index (χ3n) is 4.52. The highest BCUT2D eigenvalue weighted by molar-refractivity contribution is 5.89. The fourth-order valence-electron chi connectivity index (χ4n) is 2.92. The molecule has 1 heterocycles. The van der Waals surface area contributed by atoms with Crippen molar-refractivity contribution in [1.82, 2.24) is 10.2 Å². The Morgan fingerprint density at radius 2 is 2.00 bits per heavy atom. The highest BCUT2D eigenvalue weighted by Gasteiger charge is 2.17. The summed E-state index contributed by atoms with van der Waals surface area (Å²) >= 11 is 0. The third-order valence-corrected chi connectivity index (χ3v) is 4.52. The molecule has 0 N–H and O–H groups in total. The van der Waals surface area contributed by atoms with Crippen molar-refractivity contribution in [2.75, 3.05) is 0 Å². The van der Waals surface area contributed by atoms with E-state index in [1.54, 1.807) is 6.20 Å². The van der Waals surface area contributed by atoms with E-state index in [9.17, 15) is 0 Å². The van der Waals surface area contributed by atoms with Crippen LogP contribution in [0.4, 0.5) is 5.82 Å². The van der Waals surface area contributed by atoms with Crippen LogP contribution in [0.25, 0.3) is 10.8 Å². The van der Waals surface area contributed by atoms with Crippen molar-refractivity contribution in [3.05, 3.63) is 42.1 Å². The Labute approximate surface area is 131 Å². The quantitative estimate of drug-likeness (QED) is 0.572. The van der Waals surface area contributed by atoms with Gasteiger partial charge in [-0.3, -0.25) is 0 Å². The lowest BCUT2D eigenvalue weighted by molar-refractivity contribution is 0.499. The minimum absolute atomic E-state index is 0.158. The largest absolute Gasteiger partial charge is 0.203 e. The molecule has 22 heavy (non-hydrogen) atoms. The van der Waals surface area contributed by atoms with Gasteiger partial charge in [0.05, 0.1) is 12.2 Å². The number of allylic oxidation sites excluding steroid dienone is 1. The van der Waals surface area contributed by atoms with E-state index in [1.807, 2.05) is 24.3 Å². The zero-order valence-corrected chi connectivity index (χ0v) is 13.2. The van der Waals surface area contributed by atoms with Crippen molar-refractivity contribution in [2.24, 2.45) is 16.1 Å². The molecule has 1 aromatic heterocycles. The van der Waals surface area contributed by atoms with Crippen LogP contribution < -0.4 is 0 Å². The second-order valence-electron chi connectivity index (χ2n) is 6.02. The standard InChI is InChI=1S/C18H22N4/c1-13(15-8-4-3-5-9-15)14(2)20-22-18-17-11-7-6-10-16(17)12-19-21-18/h6-8,10-14H,3-5,9H2,1-2H3. The van der Waals surface area contributed by atoms with Gasteiger partial charge in [-0.05, 0) is 32.6 Å². The van der Waals surface area contributed by atoms with Gasteiger partial charge in [0.2, 0.25) is 5.82 Å². The normalized spacial score (nSPS) is 18.4. The maximum atomic E-state index is 4.50. The Kier molecular flexibility index (Phi) is 4.56. The smallest absolute Gasteiger partial charge is 0.183 e. The van der Waals surface area contributed by atoms with Crippen LogP contribution in [-0.4, -0.2) is 16.2 Å². The Balaban J connectivity index is 1.79. The molecule has 0 saturated carbocycles. The van der Waals surface area contributed by atoms with E-state index < -0.39 is 0 Å². The first-order valence-electron chi connectivity index (χ1n) is 8.06. The monoisotopic (exact) mass is 294 g/mol. The lowest BCUT2D eigenvalue weighted by Gasteiger charge is -2.22. The van der Waals surface area contributed by atoms with Gasteiger partial charge >= 0.3 is 0 Å². The molecule has 0 spiro atoms. The van der Waals surface area contributed by atoms with Crippen LogP contribution in [0.1, 0.15) is 39.5 Å². The van der Waals surface area contributed by atoms with Gasteiger partial charge in [0.15, 0.2) is 0 Å². The van der Waals surface area contributed by atoms with Gasteiger partial charge in [-0.1, -0.05) is 42.8 Å². The molecule has 4 nitrogen and oxygen atoms in total. The Hall–Kier alpha value is -2.10. The van der Waals surface area contributed by atoms with E-state index in [2.05, 4.69) is 40.3 Å². The predicted octanol–water partition coefficient (Wildman–Crippen LogP) is 5.24. The van der Waals surface area contributed by atoms with Gasteiger partial charge in [0.25, 0.3) is 0 Å². The fraction of sp³-hybridized carbons (Fsp3) is 0.444. The van der Waals surface area contributed by atoms with Crippen LogP contribution >= 0.6 is 0 Å². The number of azo groups is 1. The zero-order valence-electron chi connectivity index (χ0n) is 13.2.